The smallest absolute Gasteiger partial charge is 0.269 e. The highest BCUT2D eigenvalue weighted by molar-refractivity contribution is 5.96. The summed E-state index contributed by atoms with van der Waals surface area (Å²) in [5.74, 6) is 0.502. The van der Waals surface area contributed by atoms with E-state index < -0.39 is 11.8 Å². The monoisotopic (exact) mass is 380 g/mol. The zero-order chi connectivity index (χ0) is 19.3. The number of benzene rings is 2. The molecule has 0 atom stereocenters. The number of hydrogen-bond acceptors (Lipinski definition) is 7. The number of carbonyl (C=O) groups excluding carboxylic acids is 2. The Bertz CT molecular complexity index is 1000. The second kappa shape index (κ2) is 7.74. The topological polar surface area (TPSA) is 120 Å². The molecule has 2 N–H and O–H groups in total. The summed E-state index contributed by atoms with van der Waals surface area (Å²) in [6.45, 7) is 0.697. The Balaban J connectivity index is 1.32. The molecule has 1 aliphatic heterocycles. The molecule has 1 aromatic heterocycles. The fraction of sp³-hybridized carbons (Fsp3) is 0.167. The van der Waals surface area contributed by atoms with E-state index in [0.29, 0.717) is 36.1 Å². The second-order valence-corrected chi connectivity index (χ2v) is 5.87. The molecule has 1 aliphatic rings. The minimum absolute atomic E-state index is 0.193. The molecule has 0 saturated carbocycles. The first-order valence-electron chi connectivity index (χ1n) is 8.51. The summed E-state index contributed by atoms with van der Waals surface area (Å²) in [4.78, 5) is 25.4. The largest absolute Gasteiger partial charge is 0.486 e. The molecule has 10 nitrogen and oxygen atoms in total. The maximum absolute atomic E-state index is 12.2. The summed E-state index contributed by atoms with van der Waals surface area (Å²) in [5, 5.41) is 11.9. The van der Waals surface area contributed by atoms with Crippen molar-refractivity contribution in [1.82, 2.24) is 31.1 Å². The third-order valence-corrected chi connectivity index (χ3v) is 3.89. The number of carbonyl (C=O) groups is 2. The van der Waals surface area contributed by atoms with Crippen LogP contribution in [-0.2, 0) is 11.3 Å². The molecule has 4 rings (SSSR count). The van der Waals surface area contributed by atoms with Gasteiger partial charge in [-0.15, -0.1) is 10.2 Å². The minimum atomic E-state index is -0.497. The number of rotatable bonds is 4. The third-order valence-electron chi connectivity index (χ3n) is 3.89. The molecule has 2 amide bonds. The van der Waals surface area contributed by atoms with Crippen LogP contribution in [-0.4, -0.2) is 45.2 Å². The lowest BCUT2D eigenvalue weighted by atomic mass is 10.2. The van der Waals surface area contributed by atoms with Crippen LogP contribution in [0, 0.1) is 0 Å². The zero-order valence-electron chi connectivity index (χ0n) is 14.7. The van der Waals surface area contributed by atoms with Crippen LogP contribution >= 0.6 is 0 Å². The first-order valence-corrected chi connectivity index (χ1v) is 8.51. The number of ether oxygens (including phenoxy) is 2. The number of amides is 2. The third kappa shape index (κ3) is 3.90. The van der Waals surface area contributed by atoms with Gasteiger partial charge in [0.1, 0.15) is 19.8 Å². The predicted molar refractivity (Wildman–Crippen MR) is 96.3 cm³/mol. The number of nitrogens with zero attached hydrogens (tertiary/aromatic N) is 4. The lowest BCUT2D eigenvalue weighted by molar-refractivity contribution is -0.122. The van der Waals surface area contributed by atoms with Crippen molar-refractivity contribution in [2.24, 2.45) is 0 Å². The fourth-order valence-electron chi connectivity index (χ4n) is 2.56. The summed E-state index contributed by atoms with van der Waals surface area (Å²) in [6.07, 6.45) is 0. The molecule has 0 fully saturated rings. The Hall–Kier alpha value is -3.95. The van der Waals surface area contributed by atoms with Crippen LogP contribution in [0.4, 0.5) is 0 Å². The van der Waals surface area contributed by atoms with Gasteiger partial charge in [-0.1, -0.05) is 30.3 Å². The molecule has 0 saturated heterocycles. The van der Waals surface area contributed by atoms with Crippen molar-refractivity contribution in [2.75, 3.05) is 13.2 Å². The van der Waals surface area contributed by atoms with Gasteiger partial charge >= 0.3 is 0 Å². The van der Waals surface area contributed by atoms with Crippen LogP contribution in [0.3, 0.4) is 0 Å². The van der Waals surface area contributed by atoms with E-state index in [1.54, 1.807) is 18.2 Å². The summed E-state index contributed by atoms with van der Waals surface area (Å²) < 4.78 is 10.8. The van der Waals surface area contributed by atoms with Gasteiger partial charge in [-0.25, -0.2) is 0 Å². The van der Waals surface area contributed by atoms with Gasteiger partial charge in [0.25, 0.3) is 11.8 Å². The van der Waals surface area contributed by atoms with Gasteiger partial charge in [0, 0.05) is 11.1 Å². The number of tetrazole rings is 1. The van der Waals surface area contributed by atoms with Gasteiger partial charge in [0.2, 0.25) is 5.82 Å². The van der Waals surface area contributed by atoms with E-state index in [2.05, 4.69) is 26.3 Å². The van der Waals surface area contributed by atoms with Gasteiger partial charge in [0.05, 0.1) is 0 Å². The predicted octanol–water partition coefficient (Wildman–Crippen LogP) is 0.572. The summed E-state index contributed by atoms with van der Waals surface area (Å²) >= 11 is 0. The average Bonchev–Trinajstić information content (AvgIpc) is 3.20. The Kier molecular flexibility index (Phi) is 4.83. The highest BCUT2D eigenvalue weighted by Gasteiger charge is 2.16. The molecule has 0 unspecified atom stereocenters. The lowest BCUT2D eigenvalue weighted by Crippen LogP contribution is -2.43. The van der Waals surface area contributed by atoms with Gasteiger partial charge in [-0.3, -0.25) is 20.4 Å². The minimum Gasteiger partial charge on any atom is -0.486 e. The molecule has 2 heterocycles. The quantitative estimate of drug-likeness (QED) is 0.635. The van der Waals surface area contributed by atoms with E-state index in [1.165, 1.54) is 0 Å². The van der Waals surface area contributed by atoms with E-state index in [9.17, 15) is 9.59 Å². The molecule has 0 spiro atoms. The highest BCUT2D eigenvalue weighted by Crippen LogP contribution is 2.30. The Morgan fingerprint density at radius 2 is 1.79 bits per heavy atom. The first-order chi connectivity index (χ1) is 13.7. The van der Waals surface area contributed by atoms with Crippen molar-refractivity contribution in [3.8, 4) is 22.9 Å². The van der Waals surface area contributed by atoms with Gasteiger partial charge < -0.3 is 9.47 Å². The van der Waals surface area contributed by atoms with Crippen LogP contribution in [0.25, 0.3) is 11.4 Å². The van der Waals surface area contributed by atoms with Crippen LogP contribution in [0.15, 0.2) is 48.5 Å². The van der Waals surface area contributed by atoms with Crippen molar-refractivity contribution >= 4 is 11.8 Å². The van der Waals surface area contributed by atoms with Crippen LogP contribution in [0.1, 0.15) is 10.4 Å². The molecular weight excluding hydrogens is 364 g/mol. The summed E-state index contributed by atoms with van der Waals surface area (Å²) in [6, 6.07) is 14.1. The van der Waals surface area contributed by atoms with Gasteiger partial charge in [0.15, 0.2) is 11.5 Å². The maximum Gasteiger partial charge on any atom is 0.269 e. The van der Waals surface area contributed by atoms with E-state index in [1.807, 2.05) is 30.3 Å². The van der Waals surface area contributed by atoms with Crippen LogP contribution in [0.2, 0.25) is 0 Å². The summed E-state index contributed by atoms with van der Waals surface area (Å²) in [7, 11) is 0. The van der Waals surface area contributed by atoms with Crippen molar-refractivity contribution in [3.63, 3.8) is 0 Å². The van der Waals surface area contributed by atoms with Crippen LogP contribution in [0.5, 0.6) is 11.5 Å². The van der Waals surface area contributed by atoms with E-state index in [0.717, 1.165) is 10.4 Å². The van der Waals surface area contributed by atoms with Gasteiger partial charge in [-0.2, -0.15) is 4.80 Å². The molecule has 10 heteroatoms. The zero-order valence-corrected chi connectivity index (χ0v) is 14.7. The number of nitrogens with one attached hydrogen (secondary N) is 2. The van der Waals surface area contributed by atoms with E-state index in [4.69, 9.17) is 9.47 Å². The van der Waals surface area contributed by atoms with Crippen molar-refractivity contribution in [1.29, 1.82) is 0 Å². The standard InChI is InChI=1S/C18H16N6O4/c25-16(11-24-22-17(20-23-24)12-4-2-1-3-5-12)19-21-18(26)13-6-7-14-15(10-13)28-9-8-27-14/h1-7,10H,8-9,11H2,(H,19,25)(H,21,26). The molecule has 28 heavy (non-hydrogen) atoms. The van der Waals surface area contributed by atoms with Crippen molar-refractivity contribution < 1.29 is 19.1 Å². The van der Waals surface area contributed by atoms with Crippen molar-refractivity contribution in [3.05, 3.63) is 54.1 Å². The Morgan fingerprint density at radius 3 is 2.61 bits per heavy atom. The molecule has 2 aromatic carbocycles. The molecule has 142 valence electrons. The Morgan fingerprint density at radius 1 is 1.00 bits per heavy atom. The number of fused-ring (bicyclic) bond motifs is 1. The SMILES string of the molecule is O=C(Cn1nnc(-c2ccccc2)n1)NNC(=O)c1ccc2c(c1)OCCO2. The van der Waals surface area contributed by atoms with Crippen molar-refractivity contribution in [2.45, 2.75) is 6.54 Å². The fourth-order valence-corrected chi connectivity index (χ4v) is 2.56. The number of aromatic nitrogens is 4. The molecule has 0 radical (unpaired) electrons. The van der Waals surface area contributed by atoms with E-state index in [-0.39, 0.29) is 6.54 Å². The maximum atomic E-state index is 12.2. The van der Waals surface area contributed by atoms with Gasteiger partial charge in [-0.05, 0) is 23.4 Å². The first kappa shape index (κ1) is 17.5. The average molecular weight is 380 g/mol. The van der Waals surface area contributed by atoms with Crippen LogP contribution < -0.4 is 20.3 Å². The highest BCUT2D eigenvalue weighted by atomic mass is 16.6. The normalized spacial score (nSPS) is 12.3. The van der Waals surface area contributed by atoms with E-state index >= 15 is 0 Å². The second-order valence-electron chi connectivity index (χ2n) is 5.87. The number of hydrazine groups is 1. The molecule has 0 bridgehead atoms. The molecular formula is C18H16N6O4. The molecule has 3 aromatic rings. The summed E-state index contributed by atoms with van der Waals surface area (Å²) in [5.41, 5.74) is 5.78. The number of hydrogen-bond donors (Lipinski definition) is 2. The lowest BCUT2D eigenvalue weighted by Gasteiger charge is -2.18. The molecule has 0 aliphatic carbocycles. The Labute approximate surface area is 159 Å².